The van der Waals surface area contributed by atoms with Crippen LogP contribution in [-0.4, -0.2) is 78.5 Å². The number of aromatic amines is 1. The number of fused-ring (bicyclic) bond motifs is 1. The fourth-order valence-corrected chi connectivity index (χ4v) is 3.12. The Morgan fingerprint density at radius 1 is 1.39 bits per heavy atom. The Balaban J connectivity index is 1.91. The lowest BCUT2D eigenvalue weighted by Gasteiger charge is -2.38. The first-order chi connectivity index (χ1) is 10.9. The van der Waals surface area contributed by atoms with E-state index in [-0.39, 0.29) is 12.4 Å². The first-order valence-corrected chi connectivity index (χ1v) is 7.48. The van der Waals surface area contributed by atoms with Crippen molar-refractivity contribution in [3.8, 4) is 0 Å². The van der Waals surface area contributed by atoms with Crippen molar-refractivity contribution < 1.29 is 25.2 Å². The molecule has 0 radical (unpaired) electrons. The van der Waals surface area contributed by atoms with Gasteiger partial charge in [0.2, 0.25) is 5.96 Å². The zero-order chi connectivity index (χ0) is 16.7. The van der Waals surface area contributed by atoms with Crippen LogP contribution in [0.15, 0.2) is 11.3 Å². The summed E-state index contributed by atoms with van der Waals surface area (Å²) in [6.45, 7) is -0.547. The number of hydrogen-bond acceptors (Lipinski definition) is 9. The predicted molar refractivity (Wildman–Crippen MR) is 78.7 cm³/mol. The molecule has 3 heterocycles. The Hall–Kier alpha value is -1.43. The summed E-state index contributed by atoms with van der Waals surface area (Å²) in [5.41, 5.74) is 5.62. The smallest absolute Gasteiger partial charge is 0.201 e. The van der Waals surface area contributed by atoms with Gasteiger partial charge in [0.25, 0.3) is 0 Å². The molecule has 2 unspecified atom stereocenters. The zero-order valence-electron chi connectivity index (χ0n) is 11.9. The Kier molecular flexibility index (Phi) is 4.45. The van der Waals surface area contributed by atoms with Gasteiger partial charge < -0.3 is 35.9 Å². The number of guanidine groups is 1. The summed E-state index contributed by atoms with van der Waals surface area (Å²) in [6.07, 6.45) is -4.86. The number of aliphatic hydroxyl groups excluding tert-OH is 4. The van der Waals surface area contributed by atoms with Crippen LogP contribution in [0, 0.1) is 0 Å². The fourth-order valence-electron chi connectivity index (χ4n) is 2.74. The molecule has 1 aromatic rings. The maximum Gasteiger partial charge on any atom is 0.201 e. The molecular weight excluding hydrogens is 330 g/mol. The summed E-state index contributed by atoms with van der Waals surface area (Å²) in [5.74, 6) is 0.371. The van der Waals surface area contributed by atoms with Crippen LogP contribution < -0.4 is 5.73 Å². The van der Waals surface area contributed by atoms with Gasteiger partial charge in [-0.05, 0) is 0 Å². The van der Waals surface area contributed by atoms with Crippen LogP contribution >= 0.6 is 11.6 Å². The minimum absolute atomic E-state index is 0.0179. The van der Waals surface area contributed by atoms with Crippen LogP contribution in [0.5, 0.6) is 0 Å². The second kappa shape index (κ2) is 6.23. The molecule has 1 aromatic heterocycles. The van der Waals surface area contributed by atoms with Crippen LogP contribution in [0.3, 0.4) is 0 Å². The average Bonchev–Trinajstić information content (AvgIpc) is 2.95. The zero-order valence-corrected chi connectivity index (χ0v) is 12.7. The summed E-state index contributed by atoms with van der Waals surface area (Å²) in [6, 6.07) is 0. The van der Waals surface area contributed by atoms with Gasteiger partial charge >= 0.3 is 0 Å². The number of halogens is 1. The number of imidazole rings is 1. The SMILES string of the molecule is NC1=Nc2nc[nH]c2C(Cl)N1C1C[C@@H](O)[C@@H](O)[C@H](O)[C@@H](CO)O1. The molecular formula is C12H18ClN5O5. The minimum Gasteiger partial charge on any atom is -0.394 e. The molecule has 10 nitrogen and oxygen atoms in total. The number of aliphatic hydroxyl groups is 4. The lowest BCUT2D eigenvalue weighted by Crippen LogP contribution is -2.50. The quantitative estimate of drug-likeness (QED) is 0.267. The van der Waals surface area contributed by atoms with E-state index in [1.165, 1.54) is 11.2 Å². The van der Waals surface area contributed by atoms with Gasteiger partial charge in [-0.25, -0.2) is 4.98 Å². The van der Waals surface area contributed by atoms with Crippen molar-refractivity contribution in [2.75, 3.05) is 6.61 Å². The predicted octanol–water partition coefficient (Wildman–Crippen LogP) is -1.90. The van der Waals surface area contributed by atoms with Crippen molar-refractivity contribution in [1.82, 2.24) is 14.9 Å². The molecule has 7 N–H and O–H groups in total. The second-order valence-electron chi connectivity index (χ2n) is 5.45. The maximum absolute atomic E-state index is 10.0. The molecule has 128 valence electrons. The van der Waals surface area contributed by atoms with Crippen molar-refractivity contribution in [1.29, 1.82) is 0 Å². The third-order valence-corrected chi connectivity index (χ3v) is 4.43. The number of nitrogens with one attached hydrogen (secondary N) is 1. The molecule has 0 spiro atoms. The van der Waals surface area contributed by atoms with E-state index in [2.05, 4.69) is 15.0 Å². The molecule has 0 saturated carbocycles. The number of hydrogen-bond donors (Lipinski definition) is 6. The monoisotopic (exact) mass is 347 g/mol. The molecule has 6 atom stereocenters. The number of nitrogens with zero attached hydrogens (tertiary/aromatic N) is 3. The van der Waals surface area contributed by atoms with Crippen molar-refractivity contribution >= 4 is 23.4 Å². The summed E-state index contributed by atoms with van der Waals surface area (Å²) >= 11 is 6.39. The molecule has 0 bridgehead atoms. The number of aliphatic imine (C=N–C) groups is 1. The third-order valence-electron chi connectivity index (χ3n) is 4.01. The summed E-state index contributed by atoms with van der Waals surface area (Å²) in [4.78, 5) is 12.3. The van der Waals surface area contributed by atoms with Gasteiger partial charge in [0, 0.05) is 6.42 Å². The van der Waals surface area contributed by atoms with Gasteiger partial charge in [-0.15, -0.1) is 0 Å². The lowest BCUT2D eigenvalue weighted by atomic mass is 10.0. The van der Waals surface area contributed by atoms with E-state index in [1.807, 2.05) is 0 Å². The van der Waals surface area contributed by atoms with Gasteiger partial charge in [0.15, 0.2) is 11.3 Å². The second-order valence-corrected chi connectivity index (χ2v) is 5.86. The van der Waals surface area contributed by atoms with Gasteiger partial charge in [-0.3, -0.25) is 4.90 Å². The van der Waals surface area contributed by atoms with Crippen LogP contribution in [0.2, 0.25) is 0 Å². The molecule has 0 aromatic carbocycles. The average molecular weight is 348 g/mol. The fraction of sp³-hybridized carbons (Fsp3) is 0.667. The van der Waals surface area contributed by atoms with Crippen molar-refractivity contribution in [2.45, 2.75) is 42.6 Å². The molecule has 23 heavy (non-hydrogen) atoms. The van der Waals surface area contributed by atoms with E-state index in [4.69, 9.17) is 22.1 Å². The molecule has 2 aliphatic heterocycles. The molecule has 11 heteroatoms. The van der Waals surface area contributed by atoms with Gasteiger partial charge in [-0.2, -0.15) is 4.99 Å². The number of rotatable bonds is 2. The first kappa shape index (κ1) is 16.4. The highest BCUT2D eigenvalue weighted by molar-refractivity contribution is 6.22. The van der Waals surface area contributed by atoms with E-state index < -0.39 is 42.8 Å². The highest BCUT2D eigenvalue weighted by Crippen LogP contribution is 2.37. The Morgan fingerprint density at radius 3 is 2.83 bits per heavy atom. The normalized spacial score (nSPS) is 38.0. The summed E-state index contributed by atoms with van der Waals surface area (Å²) in [7, 11) is 0. The largest absolute Gasteiger partial charge is 0.394 e. The van der Waals surface area contributed by atoms with Gasteiger partial charge in [-0.1, -0.05) is 11.6 Å². The Labute approximate surface area is 136 Å². The lowest BCUT2D eigenvalue weighted by molar-refractivity contribution is -0.140. The topological polar surface area (TPSA) is 160 Å². The summed E-state index contributed by atoms with van der Waals surface area (Å²) < 4.78 is 5.61. The Bertz CT molecular complexity index is 598. The highest BCUT2D eigenvalue weighted by Gasteiger charge is 2.43. The van der Waals surface area contributed by atoms with Crippen LogP contribution in [0.4, 0.5) is 5.82 Å². The van der Waals surface area contributed by atoms with E-state index in [9.17, 15) is 20.4 Å². The number of aromatic nitrogens is 2. The highest BCUT2D eigenvalue weighted by atomic mass is 35.5. The molecule has 3 rings (SSSR count). The van der Waals surface area contributed by atoms with E-state index in [0.717, 1.165) is 0 Å². The van der Waals surface area contributed by atoms with Gasteiger partial charge in [0.1, 0.15) is 24.5 Å². The van der Waals surface area contributed by atoms with E-state index >= 15 is 0 Å². The number of H-pyrrole nitrogens is 1. The maximum atomic E-state index is 10.0. The standard InChI is InChI=1S/C12H18ClN5O5/c13-10-7-11(16-3-15-7)17-12(14)18(10)6-1-4(20)8(21)9(22)5(2-19)23-6/h3-6,8-10,19-22H,1-2H2,(H2,14,17)(H,15,16)/t4-,5-,6?,8-,9-,10?/m1/s1. The Morgan fingerprint density at radius 2 is 2.13 bits per heavy atom. The van der Waals surface area contributed by atoms with E-state index in [0.29, 0.717) is 11.5 Å². The number of ether oxygens (including phenoxy) is 1. The number of nitrogens with two attached hydrogens (primary N) is 1. The van der Waals surface area contributed by atoms with Crippen molar-refractivity contribution in [3.05, 3.63) is 12.0 Å². The molecule has 1 saturated heterocycles. The third kappa shape index (κ3) is 2.77. The van der Waals surface area contributed by atoms with Crippen LogP contribution in [0.25, 0.3) is 0 Å². The van der Waals surface area contributed by atoms with Crippen molar-refractivity contribution in [2.24, 2.45) is 10.7 Å². The van der Waals surface area contributed by atoms with E-state index in [1.54, 1.807) is 0 Å². The van der Waals surface area contributed by atoms with Gasteiger partial charge in [0.05, 0.1) is 24.7 Å². The molecule has 0 amide bonds. The molecule has 1 fully saturated rings. The first-order valence-electron chi connectivity index (χ1n) is 7.04. The van der Waals surface area contributed by atoms with Crippen molar-refractivity contribution in [3.63, 3.8) is 0 Å². The minimum atomic E-state index is -1.46. The summed E-state index contributed by atoms with van der Waals surface area (Å²) in [5, 5.41) is 39.2. The van der Waals surface area contributed by atoms with Crippen LogP contribution in [-0.2, 0) is 4.74 Å². The number of alkyl halides is 1. The molecule has 2 aliphatic rings. The van der Waals surface area contributed by atoms with Crippen LogP contribution in [0.1, 0.15) is 17.6 Å². The molecule has 0 aliphatic carbocycles.